The number of hydrogen-bond acceptors (Lipinski definition) is 1. The number of halogens is 4. The highest BCUT2D eigenvalue weighted by Gasteiger charge is 2.31. The Labute approximate surface area is 122 Å². The van der Waals surface area contributed by atoms with Gasteiger partial charge in [-0.25, -0.2) is 0 Å². The number of rotatable bonds is 2. The minimum atomic E-state index is -4.40. The number of hydrogen-bond donors (Lipinski definition) is 1. The molecule has 19 heavy (non-hydrogen) atoms. The molecule has 0 bridgehead atoms. The van der Waals surface area contributed by atoms with Crippen molar-refractivity contribution < 1.29 is 18.3 Å². The van der Waals surface area contributed by atoms with Crippen molar-refractivity contribution >= 4 is 22.6 Å². The quantitative estimate of drug-likeness (QED) is 0.769. The van der Waals surface area contributed by atoms with E-state index in [4.69, 9.17) is 0 Å². The van der Waals surface area contributed by atoms with E-state index < -0.39 is 17.8 Å². The fourth-order valence-electron chi connectivity index (χ4n) is 1.76. The Hall–Kier alpha value is -1.08. The molecule has 0 heterocycles. The van der Waals surface area contributed by atoms with E-state index >= 15 is 0 Å². The molecule has 0 aliphatic rings. The molecule has 0 aromatic heterocycles. The van der Waals surface area contributed by atoms with Gasteiger partial charge in [-0.15, -0.1) is 0 Å². The van der Waals surface area contributed by atoms with Crippen LogP contribution in [-0.4, -0.2) is 5.11 Å². The molecule has 0 saturated heterocycles. The van der Waals surface area contributed by atoms with Crippen LogP contribution < -0.4 is 0 Å². The highest BCUT2D eigenvalue weighted by molar-refractivity contribution is 14.1. The topological polar surface area (TPSA) is 20.2 Å². The lowest BCUT2D eigenvalue weighted by molar-refractivity contribution is -0.137. The SMILES string of the molecule is OC(c1cccc(C(F)(F)F)c1)c1ccccc1I. The van der Waals surface area contributed by atoms with Crippen molar-refractivity contribution in [1.82, 2.24) is 0 Å². The lowest BCUT2D eigenvalue weighted by atomic mass is 10.00. The van der Waals surface area contributed by atoms with E-state index in [0.29, 0.717) is 5.56 Å². The van der Waals surface area contributed by atoms with Crippen LogP contribution in [0.4, 0.5) is 13.2 Å². The summed E-state index contributed by atoms with van der Waals surface area (Å²) in [5.41, 5.74) is 0.0800. The zero-order chi connectivity index (χ0) is 14.0. The van der Waals surface area contributed by atoms with Crippen molar-refractivity contribution in [2.75, 3.05) is 0 Å². The summed E-state index contributed by atoms with van der Waals surface area (Å²) in [7, 11) is 0. The van der Waals surface area contributed by atoms with E-state index in [9.17, 15) is 18.3 Å². The average molecular weight is 378 g/mol. The van der Waals surface area contributed by atoms with E-state index in [-0.39, 0.29) is 5.56 Å². The fraction of sp³-hybridized carbons (Fsp3) is 0.143. The van der Waals surface area contributed by atoms with Crippen LogP contribution in [0.2, 0.25) is 0 Å². The Kier molecular flexibility index (Phi) is 4.15. The van der Waals surface area contributed by atoms with Gasteiger partial charge in [-0.05, 0) is 51.9 Å². The van der Waals surface area contributed by atoms with Gasteiger partial charge >= 0.3 is 6.18 Å². The molecule has 0 aliphatic heterocycles. The third-order valence-electron chi connectivity index (χ3n) is 2.73. The summed E-state index contributed by atoms with van der Waals surface area (Å²) in [6, 6.07) is 11.8. The third kappa shape index (κ3) is 3.27. The Morgan fingerprint density at radius 1 is 1.00 bits per heavy atom. The molecule has 5 heteroatoms. The summed E-state index contributed by atoms with van der Waals surface area (Å²) in [4.78, 5) is 0. The summed E-state index contributed by atoms with van der Waals surface area (Å²) in [6.45, 7) is 0. The van der Waals surface area contributed by atoms with Gasteiger partial charge < -0.3 is 5.11 Å². The Morgan fingerprint density at radius 2 is 1.68 bits per heavy atom. The number of benzene rings is 2. The molecule has 0 amide bonds. The van der Waals surface area contributed by atoms with Crippen molar-refractivity contribution in [3.05, 3.63) is 68.8 Å². The molecule has 100 valence electrons. The van der Waals surface area contributed by atoms with Crippen LogP contribution in [0.1, 0.15) is 22.8 Å². The molecule has 2 aromatic carbocycles. The van der Waals surface area contributed by atoms with Gasteiger partial charge in [0, 0.05) is 3.57 Å². The highest BCUT2D eigenvalue weighted by Crippen LogP contribution is 2.32. The molecular formula is C14H10F3IO. The number of aliphatic hydroxyl groups excluding tert-OH is 1. The minimum absolute atomic E-state index is 0.235. The highest BCUT2D eigenvalue weighted by atomic mass is 127. The molecule has 1 nitrogen and oxygen atoms in total. The largest absolute Gasteiger partial charge is 0.416 e. The zero-order valence-electron chi connectivity index (χ0n) is 9.66. The van der Waals surface area contributed by atoms with Crippen LogP contribution in [0, 0.1) is 3.57 Å². The summed E-state index contributed by atoms with van der Waals surface area (Å²) in [5.74, 6) is 0. The van der Waals surface area contributed by atoms with Crippen molar-refractivity contribution in [2.24, 2.45) is 0 Å². The number of aliphatic hydroxyl groups is 1. The molecule has 1 atom stereocenters. The van der Waals surface area contributed by atoms with Crippen molar-refractivity contribution in [3.63, 3.8) is 0 Å². The van der Waals surface area contributed by atoms with E-state index in [1.807, 2.05) is 28.7 Å². The first-order valence-electron chi connectivity index (χ1n) is 5.49. The van der Waals surface area contributed by atoms with Crippen LogP contribution >= 0.6 is 22.6 Å². The summed E-state index contributed by atoms with van der Waals surface area (Å²) in [6.07, 6.45) is -5.46. The third-order valence-corrected chi connectivity index (χ3v) is 3.71. The predicted molar refractivity (Wildman–Crippen MR) is 74.7 cm³/mol. The molecule has 0 radical (unpaired) electrons. The van der Waals surface area contributed by atoms with Crippen molar-refractivity contribution in [2.45, 2.75) is 12.3 Å². The molecule has 0 spiro atoms. The van der Waals surface area contributed by atoms with E-state index in [1.54, 1.807) is 18.2 Å². The molecular weight excluding hydrogens is 368 g/mol. The molecule has 1 unspecified atom stereocenters. The first-order valence-corrected chi connectivity index (χ1v) is 6.57. The van der Waals surface area contributed by atoms with Gasteiger partial charge in [0.2, 0.25) is 0 Å². The van der Waals surface area contributed by atoms with E-state index in [1.165, 1.54) is 12.1 Å². The molecule has 2 rings (SSSR count). The van der Waals surface area contributed by atoms with Gasteiger partial charge in [-0.2, -0.15) is 13.2 Å². The second-order valence-electron chi connectivity index (χ2n) is 4.05. The van der Waals surface area contributed by atoms with Crippen LogP contribution in [0.15, 0.2) is 48.5 Å². The first kappa shape index (κ1) is 14.3. The fourth-order valence-corrected chi connectivity index (χ4v) is 2.44. The van der Waals surface area contributed by atoms with Gasteiger partial charge in [0.15, 0.2) is 0 Å². The zero-order valence-corrected chi connectivity index (χ0v) is 11.8. The summed E-state index contributed by atoms with van der Waals surface area (Å²) < 4.78 is 38.7. The van der Waals surface area contributed by atoms with Gasteiger partial charge in [0.25, 0.3) is 0 Å². The Balaban J connectivity index is 2.40. The normalized spacial score (nSPS) is 13.3. The first-order chi connectivity index (χ1) is 8.89. The van der Waals surface area contributed by atoms with E-state index in [2.05, 4.69) is 0 Å². The molecule has 2 aromatic rings. The van der Waals surface area contributed by atoms with Crippen LogP contribution in [0.3, 0.4) is 0 Å². The van der Waals surface area contributed by atoms with Crippen LogP contribution in [-0.2, 0) is 6.18 Å². The smallest absolute Gasteiger partial charge is 0.384 e. The van der Waals surface area contributed by atoms with Gasteiger partial charge in [0.1, 0.15) is 6.10 Å². The molecule has 0 aliphatic carbocycles. The second kappa shape index (κ2) is 5.50. The maximum atomic E-state index is 12.6. The standard InChI is InChI=1S/C14H10F3IO/c15-14(16,17)10-5-3-4-9(8-10)13(19)11-6-1-2-7-12(11)18/h1-8,13,19H. The van der Waals surface area contributed by atoms with Gasteiger partial charge in [0.05, 0.1) is 5.56 Å². The molecule has 0 fully saturated rings. The van der Waals surface area contributed by atoms with Crippen molar-refractivity contribution in [1.29, 1.82) is 0 Å². The Morgan fingerprint density at radius 3 is 2.32 bits per heavy atom. The van der Waals surface area contributed by atoms with E-state index in [0.717, 1.165) is 15.7 Å². The summed E-state index contributed by atoms with van der Waals surface area (Å²) in [5, 5.41) is 10.2. The van der Waals surface area contributed by atoms with Gasteiger partial charge in [-0.1, -0.05) is 30.3 Å². The lowest BCUT2D eigenvalue weighted by Gasteiger charge is -2.15. The maximum Gasteiger partial charge on any atom is 0.416 e. The Bertz CT molecular complexity index is 581. The molecule has 0 saturated carbocycles. The van der Waals surface area contributed by atoms with Gasteiger partial charge in [-0.3, -0.25) is 0 Å². The lowest BCUT2D eigenvalue weighted by Crippen LogP contribution is -2.08. The predicted octanol–water partition coefficient (Wildman–Crippen LogP) is 4.39. The number of alkyl halides is 3. The molecule has 1 N–H and O–H groups in total. The maximum absolute atomic E-state index is 12.6. The van der Waals surface area contributed by atoms with Crippen LogP contribution in [0.5, 0.6) is 0 Å². The van der Waals surface area contributed by atoms with Crippen LogP contribution in [0.25, 0.3) is 0 Å². The summed E-state index contributed by atoms with van der Waals surface area (Å²) >= 11 is 2.04. The monoisotopic (exact) mass is 378 g/mol. The van der Waals surface area contributed by atoms with Crippen molar-refractivity contribution in [3.8, 4) is 0 Å². The second-order valence-corrected chi connectivity index (χ2v) is 5.21. The minimum Gasteiger partial charge on any atom is -0.384 e. The average Bonchev–Trinajstić information content (AvgIpc) is 2.38.